The lowest BCUT2D eigenvalue weighted by atomic mass is 9.96. The molecule has 1 aromatic heterocycles. The molecule has 1 aliphatic heterocycles. The highest BCUT2D eigenvalue weighted by atomic mass is 79.9. The highest BCUT2D eigenvalue weighted by molar-refractivity contribution is 9.10. The fraction of sp³-hybridized carbons (Fsp3) is 0.261. The fourth-order valence-electron chi connectivity index (χ4n) is 3.92. The largest absolute Gasteiger partial charge is 0.339 e. The molecule has 0 unspecified atom stereocenters. The average molecular weight is 438 g/mol. The highest BCUT2D eigenvalue weighted by Gasteiger charge is 2.18. The van der Waals surface area contributed by atoms with Gasteiger partial charge in [0.1, 0.15) is 0 Å². The first-order valence-electron chi connectivity index (χ1n) is 9.69. The van der Waals surface area contributed by atoms with Gasteiger partial charge in [-0.1, -0.05) is 41.1 Å². The fourth-order valence-corrected chi connectivity index (χ4v) is 4.32. The van der Waals surface area contributed by atoms with Gasteiger partial charge in [-0.05, 0) is 55.3 Å². The first-order chi connectivity index (χ1) is 13.6. The van der Waals surface area contributed by atoms with Crippen LogP contribution in [0.5, 0.6) is 0 Å². The molecule has 3 aromatic rings. The number of hydrogen-bond donors (Lipinski definition) is 1. The van der Waals surface area contributed by atoms with Crippen LogP contribution >= 0.6 is 15.9 Å². The molecular weight excluding hydrogens is 414 g/mol. The normalized spacial score (nSPS) is 15.0. The minimum absolute atomic E-state index is 0.0191. The summed E-state index contributed by atoms with van der Waals surface area (Å²) in [5, 5.41) is 1.04. The Balaban J connectivity index is 1.71. The molecule has 4 rings (SSSR count). The van der Waals surface area contributed by atoms with Gasteiger partial charge in [-0.15, -0.1) is 0 Å². The summed E-state index contributed by atoms with van der Waals surface area (Å²) in [5.74, 6) is 6.22. The molecule has 0 aliphatic carbocycles. The van der Waals surface area contributed by atoms with Crippen molar-refractivity contribution in [1.29, 1.82) is 0 Å². The van der Waals surface area contributed by atoms with Gasteiger partial charge in [-0.2, -0.15) is 0 Å². The van der Waals surface area contributed by atoms with Crippen LogP contribution < -0.4 is 5.84 Å². The van der Waals surface area contributed by atoms with E-state index in [9.17, 15) is 4.79 Å². The standard InChI is InChI=1S/C23H24BrN3O/c1-2-10-26-11-8-16(9-12-26)21-15-27(25)22-7-6-18(14-20(21)22)23(28)17-4-3-5-19(24)13-17/h3-8,13-15H,2,9-12,25H2,1H3. The SMILES string of the molecule is CCCN1CC=C(c2cn(N)c3ccc(C(=O)c4cccc(Br)c4)cc23)CC1. The second-order valence-electron chi connectivity index (χ2n) is 7.30. The molecule has 28 heavy (non-hydrogen) atoms. The third-order valence-electron chi connectivity index (χ3n) is 5.36. The van der Waals surface area contributed by atoms with Crippen LogP contribution in [0.2, 0.25) is 0 Å². The van der Waals surface area contributed by atoms with E-state index in [-0.39, 0.29) is 5.78 Å². The van der Waals surface area contributed by atoms with Gasteiger partial charge in [-0.3, -0.25) is 14.4 Å². The predicted octanol–water partition coefficient (Wildman–Crippen LogP) is 4.85. The van der Waals surface area contributed by atoms with E-state index < -0.39 is 0 Å². The van der Waals surface area contributed by atoms with Gasteiger partial charge in [0, 0.05) is 45.8 Å². The average Bonchev–Trinajstić information content (AvgIpc) is 3.04. The first-order valence-corrected chi connectivity index (χ1v) is 10.5. The molecule has 1 aliphatic rings. The van der Waals surface area contributed by atoms with E-state index in [1.807, 2.05) is 48.7 Å². The van der Waals surface area contributed by atoms with Crippen molar-refractivity contribution < 1.29 is 4.79 Å². The maximum Gasteiger partial charge on any atom is 0.193 e. The summed E-state index contributed by atoms with van der Waals surface area (Å²) in [6, 6.07) is 13.3. The third kappa shape index (κ3) is 3.64. The summed E-state index contributed by atoms with van der Waals surface area (Å²) in [5.41, 5.74) is 4.75. The van der Waals surface area contributed by atoms with Gasteiger partial charge < -0.3 is 5.84 Å². The molecule has 0 amide bonds. The molecule has 0 fully saturated rings. The van der Waals surface area contributed by atoms with Gasteiger partial charge in [-0.25, -0.2) is 0 Å². The summed E-state index contributed by atoms with van der Waals surface area (Å²) in [6.45, 7) is 5.38. The van der Waals surface area contributed by atoms with Crippen LogP contribution in [0.15, 0.2) is 59.2 Å². The Labute approximate surface area is 173 Å². The summed E-state index contributed by atoms with van der Waals surface area (Å²) in [6.07, 6.45) is 6.46. The molecule has 5 heteroatoms. The lowest BCUT2D eigenvalue weighted by molar-refractivity contribution is 0.103. The first kappa shape index (κ1) is 19.0. The third-order valence-corrected chi connectivity index (χ3v) is 5.85. The van der Waals surface area contributed by atoms with Crippen LogP contribution in [0.4, 0.5) is 0 Å². The van der Waals surface area contributed by atoms with Crippen LogP contribution in [0.3, 0.4) is 0 Å². The minimum atomic E-state index is 0.0191. The predicted molar refractivity (Wildman–Crippen MR) is 119 cm³/mol. The van der Waals surface area contributed by atoms with Gasteiger partial charge in [0.25, 0.3) is 0 Å². The molecule has 0 spiro atoms. The maximum atomic E-state index is 13.0. The zero-order valence-corrected chi connectivity index (χ0v) is 17.6. The molecule has 0 atom stereocenters. The number of aromatic nitrogens is 1. The smallest absolute Gasteiger partial charge is 0.193 e. The Morgan fingerprint density at radius 3 is 2.71 bits per heavy atom. The lowest BCUT2D eigenvalue weighted by Crippen LogP contribution is -2.29. The van der Waals surface area contributed by atoms with Gasteiger partial charge in [0.2, 0.25) is 0 Å². The van der Waals surface area contributed by atoms with Crippen LogP contribution in [-0.4, -0.2) is 35.0 Å². The van der Waals surface area contributed by atoms with E-state index in [4.69, 9.17) is 5.84 Å². The number of benzene rings is 2. The number of nitrogens with two attached hydrogens (primary N) is 1. The van der Waals surface area contributed by atoms with Crippen LogP contribution in [0.25, 0.3) is 16.5 Å². The van der Waals surface area contributed by atoms with E-state index in [0.717, 1.165) is 47.0 Å². The maximum absolute atomic E-state index is 13.0. The molecule has 144 valence electrons. The van der Waals surface area contributed by atoms with Crippen molar-refractivity contribution >= 4 is 38.2 Å². The Morgan fingerprint density at radius 1 is 1.18 bits per heavy atom. The van der Waals surface area contributed by atoms with Gasteiger partial charge in [0.15, 0.2) is 5.78 Å². The van der Waals surface area contributed by atoms with E-state index in [1.54, 1.807) is 4.68 Å². The molecular formula is C23H24BrN3O. The Hall–Kier alpha value is -2.37. The zero-order chi connectivity index (χ0) is 19.7. The van der Waals surface area contributed by atoms with Crippen molar-refractivity contribution in [3.63, 3.8) is 0 Å². The number of nitrogens with zero attached hydrogens (tertiary/aromatic N) is 2. The van der Waals surface area contributed by atoms with Gasteiger partial charge >= 0.3 is 0 Å². The number of carbonyl (C=O) groups excluding carboxylic acids is 1. The van der Waals surface area contributed by atoms with Crippen molar-refractivity contribution in [2.45, 2.75) is 19.8 Å². The molecule has 0 bridgehead atoms. The van der Waals surface area contributed by atoms with Gasteiger partial charge in [0.05, 0.1) is 5.52 Å². The van der Waals surface area contributed by atoms with E-state index in [0.29, 0.717) is 11.1 Å². The molecule has 0 radical (unpaired) electrons. The van der Waals surface area contributed by atoms with Crippen LogP contribution in [0, 0.1) is 0 Å². The number of halogens is 1. The molecule has 0 saturated carbocycles. The molecule has 4 nitrogen and oxygen atoms in total. The van der Waals surface area contributed by atoms with E-state index in [1.165, 1.54) is 12.0 Å². The van der Waals surface area contributed by atoms with E-state index in [2.05, 4.69) is 33.8 Å². The Kier molecular flexibility index (Phi) is 5.38. The van der Waals surface area contributed by atoms with Crippen molar-refractivity contribution in [3.05, 3.63) is 75.9 Å². The summed E-state index contributed by atoms with van der Waals surface area (Å²) in [7, 11) is 0. The quantitative estimate of drug-likeness (QED) is 0.458. The Bertz CT molecular complexity index is 1070. The Morgan fingerprint density at radius 2 is 2.00 bits per heavy atom. The van der Waals surface area contributed by atoms with Crippen molar-refractivity contribution in [2.75, 3.05) is 25.5 Å². The number of rotatable bonds is 5. The molecule has 2 heterocycles. The number of nitrogen functional groups attached to an aromatic ring is 1. The second kappa shape index (κ2) is 7.94. The summed E-state index contributed by atoms with van der Waals surface area (Å²) in [4.78, 5) is 15.4. The second-order valence-corrected chi connectivity index (χ2v) is 8.22. The number of hydrogen-bond acceptors (Lipinski definition) is 3. The summed E-state index contributed by atoms with van der Waals surface area (Å²) >= 11 is 3.44. The van der Waals surface area contributed by atoms with Crippen LogP contribution in [-0.2, 0) is 0 Å². The monoisotopic (exact) mass is 437 g/mol. The molecule has 2 N–H and O–H groups in total. The zero-order valence-electron chi connectivity index (χ0n) is 16.0. The minimum Gasteiger partial charge on any atom is -0.339 e. The van der Waals surface area contributed by atoms with E-state index >= 15 is 0 Å². The van der Waals surface area contributed by atoms with Crippen molar-refractivity contribution in [2.24, 2.45) is 0 Å². The number of fused-ring (bicyclic) bond motifs is 1. The topological polar surface area (TPSA) is 51.3 Å². The highest BCUT2D eigenvalue weighted by Crippen LogP contribution is 2.31. The van der Waals surface area contributed by atoms with Crippen molar-refractivity contribution in [1.82, 2.24) is 9.58 Å². The number of ketones is 1. The van der Waals surface area contributed by atoms with Crippen LogP contribution in [0.1, 0.15) is 41.3 Å². The molecule has 2 aromatic carbocycles. The number of carbonyl (C=O) groups is 1. The van der Waals surface area contributed by atoms with Crippen molar-refractivity contribution in [3.8, 4) is 0 Å². The lowest BCUT2D eigenvalue weighted by Gasteiger charge is -2.25. The summed E-state index contributed by atoms with van der Waals surface area (Å²) < 4.78 is 2.56. The molecule has 0 saturated heterocycles.